The molecule has 1 aromatic rings. The summed E-state index contributed by atoms with van der Waals surface area (Å²) in [5, 5.41) is 11.8. The van der Waals surface area contributed by atoms with Gasteiger partial charge in [-0.25, -0.2) is 4.79 Å². The van der Waals surface area contributed by atoms with E-state index in [4.69, 9.17) is 10.8 Å². The van der Waals surface area contributed by atoms with Crippen molar-refractivity contribution in [3.63, 3.8) is 0 Å². The molecule has 1 unspecified atom stereocenters. The molecule has 0 saturated carbocycles. The topological polar surface area (TPSA) is 92.4 Å². The first-order chi connectivity index (χ1) is 9.36. The number of anilines is 1. The standard InChI is InChI=1S/C15H22N2O3/c1-4-5-6-13(16)14(18)17-11-7-9(2)10(3)12(8-11)15(19)20/h7-8,13H,4-6,16H2,1-3H3,(H,17,18)(H,19,20). The normalized spacial score (nSPS) is 12.0. The smallest absolute Gasteiger partial charge is 0.336 e. The fraction of sp³-hybridized carbons (Fsp3) is 0.467. The Balaban J connectivity index is 2.88. The molecule has 0 aliphatic heterocycles. The van der Waals surface area contributed by atoms with Gasteiger partial charge in [0, 0.05) is 5.69 Å². The molecule has 0 saturated heterocycles. The second-order valence-electron chi connectivity index (χ2n) is 5.01. The molecule has 1 aromatic carbocycles. The van der Waals surface area contributed by atoms with Crippen LogP contribution in [0.25, 0.3) is 0 Å². The van der Waals surface area contributed by atoms with Crippen LogP contribution in [0.1, 0.15) is 47.7 Å². The average molecular weight is 278 g/mol. The molecule has 0 radical (unpaired) electrons. The number of aromatic carboxylic acids is 1. The van der Waals surface area contributed by atoms with Crippen LogP contribution in [0.4, 0.5) is 5.69 Å². The lowest BCUT2D eigenvalue weighted by Gasteiger charge is -2.14. The van der Waals surface area contributed by atoms with Crippen molar-refractivity contribution in [2.45, 2.75) is 46.1 Å². The van der Waals surface area contributed by atoms with Crippen LogP contribution in [0, 0.1) is 13.8 Å². The maximum atomic E-state index is 11.9. The van der Waals surface area contributed by atoms with Crippen molar-refractivity contribution < 1.29 is 14.7 Å². The molecule has 1 atom stereocenters. The molecular weight excluding hydrogens is 256 g/mol. The van der Waals surface area contributed by atoms with Crippen molar-refractivity contribution in [2.24, 2.45) is 5.73 Å². The van der Waals surface area contributed by atoms with Crippen molar-refractivity contribution in [1.29, 1.82) is 0 Å². The second-order valence-corrected chi connectivity index (χ2v) is 5.01. The van der Waals surface area contributed by atoms with Gasteiger partial charge in [-0.05, 0) is 43.5 Å². The third kappa shape index (κ3) is 4.06. The highest BCUT2D eigenvalue weighted by atomic mass is 16.4. The van der Waals surface area contributed by atoms with Gasteiger partial charge >= 0.3 is 5.97 Å². The van der Waals surface area contributed by atoms with E-state index >= 15 is 0 Å². The molecule has 0 spiro atoms. The number of hydrogen-bond donors (Lipinski definition) is 3. The number of rotatable bonds is 6. The summed E-state index contributed by atoms with van der Waals surface area (Å²) in [6, 6.07) is 2.66. The van der Waals surface area contributed by atoms with Gasteiger partial charge in [0.2, 0.25) is 5.91 Å². The number of nitrogens with two attached hydrogens (primary N) is 1. The van der Waals surface area contributed by atoms with E-state index in [0.29, 0.717) is 17.7 Å². The highest BCUT2D eigenvalue weighted by molar-refractivity contribution is 5.97. The van der Waals surface area contributed by atoms with Gasteiger partial charge in [-0.2, -0.15) is 0 Å². The lowest BCUT2D eigenvalue weighted by atomic mass is 10.0. The zero-order chi connectivity index (χ0) is 15.3. The van der Waals surface area contributed by atoms with Crippen LogP contribution in [-0.2, 0) is 4.79 Å². The number of unbranched alkanes of at least 4 members (excludes halogenated alkanes) is 1. The Morgan fingerprint density at radius 3 is 2.55 bits per heavy atom. The van der Waals surface area contributed by atoms with Gasteiger partial charge in [0.1, 0.15) is 0 Å². The minimum Gasteiger partial charge on any atom is -0.478 e. The second kappa shape index (κ2) is 7.05. The lowest BCUT2D eigenvalue weighted by molar-refractivity contribution is -0.117. The van der Waals surface area contributed by atoms with E-state index in [9.17, 15) is 9.59 Å². The summed E-state index contributed by atoms with van der Waals surface area (Å²) >= 11 is 0. The zero-order valence-corrected chi connectivity index (χ0v) is 12.2. The van der Waals surface area contributed by atoms with Crippen molar-refractivity contribution in [1.82, 2.24) is 0 Å². The quantitative estimate of drug-likeness (QED) is 0.745. The van der Waals surface area contributed by atoms with Crippen molar-refractivity contribution in [3.8, 4) is 0 Å². The van der Waals surface area contributed by atoms with Gasteiger partial charge in [-0.15, -0.1) is 0 Å². The summed E-state index contributed by atoms with van der Waals surface area (Å²) in [6.07, 6.45) is 2.49. The molecule has 110 valence electrons. The molecule has 5 nitrogen and oxygen atoms in total. The van der Waals surface area contributed by atoms with Gasteiger partial charge in [0.05, 0.1) is 11.6 Å². The Hall–Kier alpha value is -1.88. The number of nitrogens with one attached hydrogen (secondary N) is 1. The van der Waals surface area contributed by atoms with Crippen LogP contribution in [-0.4, -0.2) is 23.0 Å². The van der Waals surface area contributed by atoms with Crippen LogP contribution in [0.2, 0.25) is 0 Å². The zero-order valence-electron chi connectivity index (χ0n) is 12.2. The minimum absolute atomic E-state index is 0.197. The predicted molar refractivity (Wildman–Crippen MR) is 79.0 cm³/mol. The highest BCUT2D eigenvalue weighted by Crippen LogP contribution is 2.20. The van der Waals surface area contributed by atoms with E-state index in [1.807, 2.05) is 13.8 Å². The molecule has 4 N–H and O–H groups in total. The summed E-state index contributed by atoms with van der Waals surface area (Å²) in [5.74, 6) is -1.28. The van der Waals surface area contributed by atoms with Crippen LogP contribution in [0.3, 0.4) is 0 Å². The SMILES string of the molecule is CCCCC(N)C(=O)Nc1cc(C)c(C)c(C(=O)O)c1. The van der Waals surface area contributed by atoms with Gasteiger partial charge < -0.3 is 16.2 Å². The molecule has 5 heteroatoms. The predicted octanol–water partition coefficient (Wildman–Crippen LogP) is 2.46. The van der Waals surface area contributed by atoms with E-state index in [2.05, 4.69) is 5.32 Å². The molecule has 0 bridgehead atoms. The monoisotopic (exact) mass is 278 g/mol. The van der Waals surface area contributed by atoms with E-state index in [1.54, 1.807) is 13.0 Å². The minimum atomic E-state index is -1.00. The fourth-order valence-electron chi connectivity index (χ4n) is 1.94. The first-order valence-electron chi connectivity index (χ1n) is 6.77. The molecule has 0 aromatic heterocycles. The molecular formula is C15H22N2O3. The lowest BCUT2D eigenvalue weighted by Crippen LogP contribution is -2.35. The maximum absolute atomic E-state index is 11.9. The van der Waals surface area contributed by atoms with Gasteiger partial charge in [-0.3, -0.25) is 4.79 Å². The van der Waals surface area contributed by atoms with Crippen LogP contribution in [0.5, 0.6) is 0 Å². The molecule has 1 amide bonds. The molecule has 0 heterocycles. The number of aryl methyl sites for hydroxylation is 1. The molecule has 0 fully saturated rings. The van der Waals surface area contributed by atoms with E-state index in [-0.39, 0.29) is 11.5 Å². The Labute approximate surface area is 119 Å². The van der Waals surface area contributed by atoms with Crippen LogP contribution < -0.4 is 11.1 Å². The first-order valence-corrected chi connectivity index (χ1v) is 6.77. The van der Waals surface area contributed by atoms with Gasteiger partial charge in [0.25, 0.3) is 0 Å². The van der Waals surface area contributed by atoms with E-state index in [1.165, 1.54) is 6.07 Å². The Morgan fingerprint density at radius 2 is 2.00 bits per heavy atom. The van der Waals surface area contributed by atoms with Crippen LogP contribution >= 0.6 is 0 Å². The molecule has 0 aliphatic rings. The number of carboxylic acids is 1. The summed E-state index contributed by atoms with van der Waals surface area (Å²) in [5.41, 5.74) is 7.98. The third-order valence-corrected chi connectivity index (χ3v) is 3.37. The van der Waals surface area contributed by atoms with Crippen molar-refractivity contribution in [2.75, 3.05) is 5.32 Å². The van der Waals surface area contributed by atoms with Crippen LogP contribution in [0.15, 0.2) is 12.1 Å². The molecule has 0 aliphatic carbocycles. The number of hydrogen-bond acceptors (Lipinski definition) is 3. The Morgan fingerprint density at radius 1 is 1.35 bits per heavy atom. The maximum Gasteiger partial charge on any atom is 0.336 e. The van der Waals surface area contributed by atoms with Gasteiger partial charge in [0.15, 0.2) is 0 Å². The van der Waals surface area contributed by atoms with Crippen molar-refractivity contribution in [3.05, 3.63) is 28.8 Å². The summed E-state index contributed by atoms with van der Waals surface area (Å²) < 4.78 is 0. The number of benzene rings is 1. The van der Waals surface area contributed by atoms with E-state index in [0.717, 1.165) is 18.4 Å². The largest absolute Gasteiger partial charge is 0.478 e. The number of carbonyl (C=O) groups is 2. The Bertz CT molecular complexity index is 512. The summed E-state index contributed by atoms with van der Waals surface area (Å²) in [6.45, 7) is 5.60. The Kier molecular flexibility index (Phi) is 5.70. The van der Waals surface area contributed by atoms with Crippen molar-refractivity contribution >= 4 is 17.6 Å². The molecule has 1 rings (SSSR count). The average Bonchev–Trinajstić information content (AvgIpc) is 2.39. The third-order valence-electron chi connectivity index (χ3n) is 3.37. The fourth-order valence-corrected chi connectivity index (χ4v) is 1.94. The number of amides is 1. The number of carbonyl (C=O) groups excluding carboxylic acids is 1. The van der Waals surface area contributed by atoms with Gasteiger partial charge in [-0.1, -0.05) is 19.8 Å². The molecule has 20 heavy (non-hydrogen) atoms. The summed E-state index contributed by atoms with van der Waals surface area (Å²) in [4.78, 5) is 23.1. The number of carboxylic acid groups (broad SMARTS) is 1. The first kappa shape index (κ1) is 16.2. The van der Waals surface area contributed by atoms with E-state index < -0.39 is 12.0 Å². The summed E-state index contributed by atoms with van der Waals surface area (Å²) in [7, 11) is 0. The highest BCUT2D eigenvalue weighted by Gasteiger charge is 2.15.